The van der Waals surface area contributed by atoms with E-state index in [0.717, 1.165) is 0 Å². The lowest BCUT2D eigenvalue weighted by atomic mass is 9.83. The number of aliphatic carboxylic acids is 1. The van der Waals surface area contributed by atoms with Crippen molar-refractivity contribution in [3.8, 4) is 5.75 Å². The minimum Gasteiger partial charge on any atom is -0.481 e. The predicted molar refractivity (Wildman–Crippen MR) is 92.3 cm³/mol. The third-order valence-corrected chi connectivity index (χ3v) is 4.42. The zero-order chi connectivity index (χ0) is 20.4. The molecule has 0 aromatic heterocycles. The first kappa shape index (κ1) is 21.1. The molecule has 1 aliphatic heterocycles. The zero-order valence-electron chi connectivity index (χ0n) is 15.5. The van der Waals surface area contributed by atoms with Crippen LogP contribution in [-0.4, -0.2) is 41.3 Å². The van der Waals surface area contributed by atoms with Crippen molar-refractivity contribution in [1.82, 2.24) is 4.90 Å². The molecule has 1 saturated heterocycles. The van der Waals surface area contributed by atoms with Gasteiger partial charge in [-0.1, -0.05) is 32.9 Å². The smallest absolute Gasteiger partial charge is 0.481 e. The van der Waals surface area contributed by atoms with Gasteiger partial charge in [0.1, 0.15) is 5.75 Å². The van der Waals surface area contributed by atoms with Crippen LogP contribution in [0.3, 0.4) is 0 Å². The molecule has 1 fully saturated rings. The van der Waals surface area contributed by atoms with E-state index in [-0.39, 0.29) is 29.5 Å². The molecule has 1 aliphatic rings. The van der Waals surface area contributed by atoms with Crippen molar-refractivity contribution in [2.24, 2.45) is 11.3 Å². The Morgan fingerprint density at radius 3 is 2.22 bits per heavy atom. The third-order valence-electron chi connectivity index (χ3n) is 4.42. The Kier molecular flexibility index (Phi) is 6.07. The van der Waals surface area contributed by atoms with E-state index in [1.807, 2.05) is 20.8 Å². The average Bonchev–Trinajstić information content (AvgIpc) is 2.52. The van der Waals surface area contributed by atoms with Crippen molar-refractivity contribution in [2.45, 2.75) is 45.9 Å². The van der Waals surface area contributed by atoms with Crippen molar-refractivity contribution in [1.29, 1.82) is 0 Å². The van der Waals surface area contributed by atoms with Crippen LogP contribution < -0.4 is 4.74 Å². The maximum atomic E-state index is 12.6. The summed E-state index contributed by atoms with van der Waals surface area (Å²) in [5.74, 6) is -2.40. The summed E-state index contributed by atoms with van der Waals surface area (Å²) in [4.78, 5) is 25.6. The lowest BCUT2D eigenvalue weighted by molar-refractivity contribution is -0.274. The van der Waals surface area contributed by atoms with Gasteiger partial charge in [0, 0.05) is 25.4 Å². The molecule has 0 radical (unpaired) electrons. The summed E-state index contributed by atoms with van der Waals surface area (Å²) in [6.07, 6.45) is -4.14. The number of nitrogens with zero attached hydrogens (tertiary/aromatic N) is 1. The van der Waals surface area contributed by atoms with Crippen LogP contribution in [-0.2, 0) is 9.59 Å². The van der Waals surface area contributed by atoms with Crippen LogP contribution in [0.25, 0.3) is 0 Å². The summed E-state index contributed by atoms with van der Waals surface area (Å²) in [5.41, 5.74) is 0.461. The summed E-state index contributed by atoms with van der Waals surface area (Å²) in [5, 5.41) is 9.42. The molecule has 1 N–H and O–H groups in total. The van der Waals surface area contributed by atoms with E-state index in [4.69, 9.17) is 0 Å². The standard InChI is InChI=1S/C19H24F3NO4/c1-18(2,3)9-16(24)23-10-13(8-14(11-23)17(25)26)12-4-6-15(7-5-12)27-19(20,21)22/h4-7,13-14H,8-11H2,1-3H3,(H,25,26). The molecule has 0 spiro atoms. The summed E-state index contributed by atoms with van der Waals surface area (Å²) in [6, 6.07) is 5.38. The average molecular weight is 387 g/mol. The molecule has 5 nitrogen and oxygen atoms in total. The molecular weight excluding hydrogens is 363 g/mol. The Morgan fingerprint density at radius 1 is 1.15 bits per heavy atom. The van der Waals surface area contributed by atoms with E-state index < -0.39 is 18.2 Å². The monoisotopic (exact) mass is 387 g/mol. The number of carbonyl (C=O) groups excluding carboxylic acids is 1. The third kappa shape index (κ3) is 6.45. The van der Waals surface area contributed by atoms with Crippen molar-refractivity contribution in [3.63, 3.8) is 0 Å². The number of piperidine rings is 1. The molecule has 1 aromatic rings. The maximum absolute atomic E-state index is 12.6. The van der Waals surface area contributed by atoms with Gasteiger partial charge < -0.3 is 14.7 Å². The van der Waals surface area contributed by atoms with E-state index in [0.29, 0.717) is 24.9 Å². The van der Waals surface area contributed by atoms with Crippen molar-refractivity contribution in [3.05, 3.63) is 29.8 Å². The first-order valence-electron chi connectivity index (χ1n) is 8.70. The highest BCUT2D eigenvalue weighted by molar-refractivity contribution is 5.78. The zero-order valence-corrected chi connectivity index (χ0v) is 15.5. The lowest BCUT2D eigenvalue weighted by Crippen LogP contribution is -2.46. The first-order chi connectivity index (χ1) is 12.3. The van der Waals surface area contributed by atoms with Gasteiger partial charge in [0.05, 0.1) is 5.92 Å². The number of benzene rings is 1. The Balaban J connectivity index is 2.17. The second kappa shape index (κ2) is 7.78. The highest BCUT2D eigenvalue weighted by atomic mass is 19.4. The molecule has 0 aliphatic carbocycles. The second-order valence-corrected chi connectivity index (χ2v) is 8.12. The molecule has 1 heterocycles. The minimum atomic E-state index is -4.77. The normalized spacial score (nSPS) is 21.0. The summed E-state index contributed by atoms with van der Waals surface area (Å²) < 4.78 is 40.7. The summed E-state index contributed by atoms with van der Waals surface area (Å²) in [7, 11) is 0. The number of carboxylic acid groups (broad SMARTS) is 1. The SMILES string of the molecule is CC(C)(C)CC(=O)N1CC(C(=O)O)CC(c2ccc(OC(F)(F)F)cc2)C1. The number of alkyl halides is 3. The number of halogens is 3. The lowest BCUT2D eigenvalue weighted by Gasteiger charge is -2.37. The Morgan fingerprint density at radius 2 is 1.74 bits per heavy atom. The molecule has 1 amide bonds. The van der Waals surface area contributed by atoms with Crippen molar-refractivity contribution >= 4 is 11.9 Å². The van der Waals surface area contributed by atoms with Crippen molar-refractivity contribution < 1.29 is 32.6 Å². The van der Waals surface area contributed by atoms with Gasteiger partial charge in [-0.3, -0.25) is 9.59 Å². The highest BCUT2D eigenvalue weighted by Crippen LogP contribution is 2.33. The summed E-state index contributed by atoms with van der Waals surface area (Å²) >= 11 is 0. The van der Waals surface area contributed by atoms with Crippen LogP contribution in [0.1, 0.15) is 45.1 Å². The van der Waals surface area contributed by atoms with Gasteiger partial charge in [0.2, 0.25) is 5.91 Å². The van der Waals surface area contributed by atoms with Gasteiger partial charge in [-0.05, 0) is 29.5 Å². The topological polar surface area (TPSA) is 66.8 Å². The van der Waals surface area contributed by atoms with E-state index >= 15 is 0 Å². The van der Waals surface area contributed by atoms with Crippen LogP contribution in [0.5, 0.6) is 5.75 Å². The van der Waals surface area contributed by atoms with Gasteiger partial charge >= 0.3 is 12.3 Å². The molecule has 0 saturated carbocycles. The molecular formula is C19H24F3NO4. The largest absolute Gasteiger partial charge is 0.573 e. The Hall–Kier alpha value is -2.25. The fourth-order valence-corrected chi connectivity index (χ4v) is 3.23. The number of likely N-dealkylation sites (tertiary alicyclic amines) is 1. The van der Waals surface area contributed by atoms with E-state index in [9.17, 15) is 27.9 Å². The van der Waals surface area contributed by atoms with E-state index in [1.54, 1.807) is 4.90 Å². The molecule has 1 aromatic carbocycles. The first-order valence-corrected chi connectivity index (χ1v) is 8.70. The second-order valence-electron chi connectivity index (χ2n) is 8.12. The van der Waals surface area contributed by atoms with Crippen LogP contribution in [0.15, 0.2) is 24.3 Å². The van der Waals surface area contributed by atoms with Gasteiger partial charge in [0.15, 0.2) is 0 Å². The number of hydrogen-bond donors (Lipinski definition) is 1. The molecule has 150 valence electrons. The fraction of sp³-hybridized carbons (Fsp3) is 0.579. The minimum absolute atomic E-state index is 0.115. The molecule has 0 bridgehead atoms. The number of rotatable bonds is 4. The van der Waals surface area contributed by atoms with Crippen LogP contribution in [0.4, 0.5) is 13.2 Å². The molecule has 2 atom stereocenters. The number of ether oxygens (including phenoxy) is 1. The van der Waals surface area contributed by atoms with E-state index in [1.165, 1.54) is 24.3 Å². The number of carboxylic acids is 1. The van der Waals surface area contributed by atoms with Crippen LogP contribution >= 0.6 is 0 Å². The molecule has 2 unspecified atom stereocenters. The number of amides is 1. The fourth-order valence-electron chi connectivity index (χ4n) is 3.23. The Bertz CT molecular complexity index is 680. The molecule has 2 rings (SSSR count). The van der Waals surface area contributed by atoms with E-state index in [2.05, 4.69) is 4.74 Å². The highest BCUT2D eigenvalue weighted by Gasteiger charge is 2.36. The summed E-state index contributed by atoms with van der Waals surface area (Å²) in [6.45, 7) is 6.29. The quantitative estimate of drug-likeness (QED) is 0.847. The van der Waals surface area contributed by atoms with Crippen molar-refractivity contribution in [2.75, 3.05) is 13.1 Å². The maximum Gasteiger partial charge on any atom is 0.573 e. The van der Waals surface area contributed by atoms with Crippen LogP contribution in [0.2, 0.25) is 0 Å². The van der Waals surface area contributed by atoms with Crippen LogP contribution in [0, 0.1) is 11.3 Å². The van der Waals surface area contributed by atoms with Gasteiger partial charge in [-0.15, -0.1) is 13.2 Å². The molecule has 8 heteroatoms. The molecule has 27 heavy (non-hydrogen) atoms. The van der Waals surface area contributed by atoms with Gasteiger partial charge in [0.25, 0.3) is 0 Å². The van der Waals surface area contributed by atoms with Gasteiger partial charge in [-0.25, -0.2) is 0 Å². The van der Waals surface area contributed by atoms with Gasteiger partial charge in [-0.2, -0.15) is 0 Å². The predicted octanol–water partition coefficient (Wildman–Crippen LogP) is 4.04. The number of hydrogen-bond acceptors (Lipinski definition) is 3. The Labute approximate surface area is 156 Å². The number of carbonyl (C=O) groups is 2.